The molecule has 9 heavy (non-hydrogen) atoms. The van der Waals surface area contributed by atoms with Crippen LogP contribution in [0.4, 0.5) is 0 Å². The van der Waals surface area contributed by atoms with Crippen molar-refractivity contribution in [1.82, 2.24) is 5.01 Å². The Balaban J connectivity index is 3.68. The van der Waals surface area contributed by atoms with E-state index in [-0.39, 0.29) is 5.11 Å². The van der Waals surface area contributed by atoms with Crippen LogP contribution in [0.5, 0.6) is 0 Å². The minimum absolute atomic E-state index is 0.159. The highest BCUT2D eigenvalue weighted by Crippen LogP contribution is 1.89. The van der Waals surface area contributed by atoms with E-state index in [4.69, 9.17) is 11.3 Å². The molecule has 0 radical (unpaired) electrons. The van der Waals surface area contributed by atoms with Crippen molar-refractivity contribution in [2.45, 2.75) is 13.3 Å². The van der Waals surface area contributed by atoms with Crippen LogP contribution in [0.15, 0.2) is 5.22 Å². The smallest absolute Gasteiger partial charge is 0.188 e. The lowest BCUT2D eigenvalue weighted by atomic mass is 10.5. The van der Waals surface area contributed by atoms with Crippen molar-refractivity contribution < 1.29 is 0 Å². The van der Waals surface area contributed by atoms with E-state index in [1.165, 1.54) is 5.01 Å². The second-order valence-corrected chi connectivity index (χ2v) is 1.98. The Morgan fingerprint density at radius 2 is 2.44 bits per heavy atom. The van der Waals surface area contributed by atoms with Crippen LogP contribution in [0.1, 0.15) is 13.3 Å². The Kier molecular flexibility index (Phi) is 3.87. The van der Waals surface area contributed by atoms with Crippen LogP contribution in [-0.4, -0.2) is 16.7 Å². The Bertz CT molecular complexity index is 113. The quantitative estimate of drug-likeness (QED) is 0.353. The lowest BCUT2D eigenvalue weighted by Crippen LogP contribution is -2.30. The minimum Gasteiger partial charge on any atom is -0.375 e. The number of hydrogen-bond donors (Lipinski definition) is 2. The van der Waals surface area contributed by atoms with Crippen LogP contribution in [0, 0.1) is 5.53 Å². The summed E-state index contributed by atoms with van der Waals surface area (Å²) >= 11 is 4.57. The molecule has 52 valence electrons. The van der Waals surface area contributed by atoms with Crippen molar-refractivity contribution in [2.75, 3.05) is 6.54 Å². The SMILES string of the molecule is CCCN(N=N)C(N)=S. The molecule has 5 heteroatoms. The molecule has 0 saturated carbocycles. The summed E-state index contributed by atoms with van der Waals surface area (Å²) < 4.78 is 0. The molecule has 0 aromatic rings. The van der Waals surface area contributed by atoms with Crippen molar-refractivity contribution in [1.29, 1.82) is 5.53 Å². The highest BCUT2D eigenvalue weighted by molar-refractivity contribution is 7.80. The summed E-state index contributed by atoms with van der Waals surface area (Å²) in [5.41, 5.74) is 11.8. The molecule has 0 bridgehead atoms. The van der Waals surface area contributed by atoms with E-state index in [0.29, 0.717) is 6.54 Å². The summed E-state index contributed by atoms with van der Waals surface area (Å²) in [6.07, 6.45) is 0.889. The van der Waals surface area contributed by atoms with Gasteiger partial charge in [0.2, 0.25) is 0 Å². The summed E-state index contributed by atoms with van der Waals surface area (Å²) in [6, 6.07) is 0. The predicted octanol–water partition coefficient (Wildman–Crippen LogP) is 0.888. The van der Waals surface area contributed by atoms with E-state index < -0.39 is 0 Å². The van der Waals surface area contributed by atoms with Crippen LogP contribution in [0.2, 0.25) is 0 Å². The van der Waals surface area contributed by atoms with E-state index in [1.807, 2.05) is 6.92 Å². The topological polar surface area (TPSA) is 65.5 Å². The number of nitrogens with zero attached hydrogens (tertiary/aromatic N) is 2. The average molecular weight is 146 g/mol. The second-order valence-electron chi connectivity index (χ2n) is 1.56. The maximum Gasteiger partial charge on any atom is 0.188 e. The molecule has 0 rings (SSSR count). The summed E-state index contributed by atoms with van der Waals surface area (Å²) in [5, 5.41) is 4.53. The molecule has 0 unspecified atom stereocenters. The van der Waals surface area contributed by atoms with Gasteiger partial charge in [0.15, 0.2) is 5.11 Å². The molecule has 0 aliphatic carbocycles. The molecule has 0 aromatic heterocycles. The van der Waals surface area contributed by atoms with Crippen molar-refractivity contribution >= 4 is 17.3 Å². The first-order chi connectivity index (χ1) is 4.22. The van der Waals surface area contributed by atoms with Gasteiger partial charge < -0.3 is 5.73 Å². The number of nitrogens with two attached hydrogens (primary N) is 1. The lowest BCUT2D eigenvalue weighted by Gasteiger charge is -2.11. The van der Waals surface area contributed by atoms with Gasteiger partial charge in [-0.3, -0.25) is 0 Å². The molecule has 4 nitrogen and oxygen atoms in total. The Labute approximate surface area is 59.5 Å². The maximum absolute atomic E-state index is 6.58. The van der Waals surface area contributed by atoms with Crippen LogP contribution in [0.25, 0.3) is 0 Å². The molecule has 3 N–H and O–H groups in total. The fourth-order valence-electron chi connectivity index (χ4n) is 0.421. The summed E-state index contributed by atoms with van der Waals surface area (Å²) in [7, 11) is 0. The molecular weight excluding hydrogens is 136 g/mol. The van der Waals surface area contributed by atoms with Crippen LogP contribution in [-0.2, 0) is 0 Å². The van der Waals surface area contributed by atoms with Crippen LogP contribution in [0.3, 0.4) is 0 Å². The number of thiocarbonyl (C=S) groups is 1. The molecule has 0 heterocycles. The van der Waals surface area contributed by atoms with Crippen molar-refractivity contribution in [3.05, 3.63) is 0 Å². The third-order valence-electron chi connectivity index (χ3n) is 0.811. The normalized spacial score (nSPS) is 8.56. The zero-order valence-electron chi connectivity index (χ0n) is 5.29. The first-order valence-corrected chi connectivity index (χ1v) is 3.07. The van der Waals surface area contributed by atoms with Gasteiger partial charge in [-0.2, -0.15) is 5.53 Å². The largest absolute Gasteiger partial charge is 0.375 e. The molecule has 0 aliphatic rings. The fraction of sp³-hybridized carbons (Fsp3) is 0.750. The summed E-state index contributed by atoms with van der Waals surface area (Å²) in [4.78, 5) is 0. The fourth-order valence-corrected chi connectivity index (χ4v) is 0.553. The molecule has 0 amide bonds. The van der Waals surface area contributed by atoms with Crippen LogP contribution < -0.4 is 5.73 Å². The Morgan fingerprint density at radius 1 is 1.89 bits per heavy atom. The zero-order valence-corrected chi connectivity index (χ0v) is 6.11. The minimum atomic E-state index is 0.159. The third-order valence-corrected chi connectivity index (χ3v) is 1.02. The summed E-state index contributed by atoms with van der Waals surface area (Å²) in [5.74, 6) is 0. The van der Waals surface area contributed by atoms with Gasteiger partial charge >= 0.3 is 0 Å². The van der Waals surface area contributed by atoms with E-state index in [2.05, 4.69) is 17.4 Å². The molecule has 0 spiro atoms. The molecule has 0 atom stereocenters. The van der Waals surface area contributed by atoms with Gasteiger partial charge in [-0.15, -0.1) is 0 Å². The van der Waals surface area contributed by atoms with Gasteiger partial charge in [0.05, 0.1) is 0 Å². The second kappa shape index (κ2) is 4.20. The Hall–Kier alpha value is -0.710. The molecule has 0 saturated heterocycles. The molecule has 0 aliphatic heterocycles. The highest BCUT2D eigenvalue weighted by atomic mass is 32.1. The Morgan fingerprint density at radius 3 is 2.56 bits per heavy atom. The zero-order chi connectivity index (χ0) is 7.28. The highest BCUT2D eigenvalue weighted by Gasteiger charge is 1.99. The van der Waals surface area contributed by atoms with E-state index in [9.17, 15) is 0 Å². The van der Waals surface area contributed by atoms with Gasteiger partial charge in [0.25, 0.3) is 0 Å². The van der Waals surface area contributed by atoms with Crippen molar-refractivity contribution in [3.8, 4) is 0 Å². The predicted molar refractivity (Wildman–Crippen MR) is 38.9 cm³/mol. The molecule has 0 aromatic carbocycles. The van der Waals surface area contributed by atoms with Crippen molar-refractivity contribution in [3.63, 3.8) is 0 Å². The molecule has 0 fully saturated rings. The first kappa shape index (κ1) is 8.29. The number of hydrogen-bond acceptors (Lipinski definition) is 3. The molecular formula is C4H10N4S. The third kappa shape index (κ3) is 2.97. The van der Waals surface area contributed by atoms with Gasteiger partial charge in [-0.25, -0.2) is 5.01 Å². The summed E-state index contributed by atoms with van der Waals surface area (Å²) in [6.45, 7) is 2.59. The van der Waals surface area contributed by atoms with E-state index in [1.54, 1.807) is 0 Å². The van der Waals surface area contributed by atoms with Gasteiger partial charge in [-0.1, -0.05) is 12.1 Å². The first-order valence-electron chi connectivity index (χ1n) is 2.66. The van der Waals surface area contributed by atoms with E-state index >= 15 is 0 Å². The maximum atomic E-state index is 6.58. The number of rotatable bonds is 3. The van der Waals surface area contributed by atoms with E-state index in [0.717, 1.165) is 6.42 Å². The van der Waals surface area contributed by atoms with Crippen molar-refractivity contribution in [2.24, 2.45) is 11.0 Å². The van der Waals surface area contributed by atoms with Gasteiger partial charge in [0, 0.05) is 6.54 Å². The van der Waals surface area contributed by atoms with Gasteiger partial charge in [-0.05, 0) is 18.6 Å². The van der Waals surface area contributed by atoms with Gasteiger partial charge in [0.1, 0.15) is 0 Å². The monoisotopic (exact) mass is 146 g/mol. The lowest BCUT2D eigenvalue weighted by molar-refractivity contribution is 0.406. The van der Waals surface area contributed by atoms with Crippen LogP contribution >= 0.6 is 12.2 Å². The standard InChI is InChI=1S/C4H10N4S/c1-2-3-8(7-6)4(5)9/h6H,2-3H2,1H3,(H2,5,9). The number of nitrogens with one attached hydrogen (secondary N) is 1. The average Bonchev–Trinajstić information content (AvgIpc) is 1.82.